The predicted octanol–water partition coefficient (Wildman–Crippen LogP) is 1.77. The second kappa shape index (κ2) is 4.49. The first-order valence-electron chi connectivity index (χ1n) is 5.15. The maximum atomic E-state index is 9.20. The van der Waals surface area contributed by atoms with Gasteiger partial charge in [-0.05, 0) is 13.8 Å². The zero-order valence-corrected chi connectivity index (χ0v) is 10.9. The third kappa shape index (κ3) is 2.66. The molecule has 1 aliphatic heterocycles. The molecule has 16 heavy (non-hydrogen) atoms. The highest BCUT2D eigenvalue weighted by Crippen LogP contribution is 2.29. The summed E-state index contributed by atoms with van der Waals surface area (Å²) in [5.74, 6) is 0. The van der Waals surface area contributed by atoms with Crippen LogP contribution in [0.15, 0.2) is 5.38 Å². The summed E-state index contributed by atoms with van der Waals surface area (Å²) < 4.78 is 5.73. The number of anilines is 1. The number of hydrogen-bond acceptors (Lipinski definition) is 5. The van der Waals surface area contributed by atoms with E-state index in [9.17, 15) is 5.11 Å². The van der Waals surface area contributed by atoms with Crippen LogP contribution in [0.2, 0.25) is 5.15 Å². The quantitative estimate of drug-likeness (QED) is 0.883. The van der Waals surface area contributed by atoms with Gasteiger partial charge in [0.25, 0.3) is 0 Å². The molecule has 0 amide bonds. The van der Waals surface area contributed by atoms with Crippen molar-refractivity contribution in [1.82, 2.24) is 4.98 Å². The number of nitrogens with zero attached hydrogens (tertiary/aromatic N) is 2. The summed E-state index contributed by atoms with van der Waals surface area (Å²) in [6.45, 7) is 5.46. The molecule has 1 aromatic rings. The highest BCUT2D eigenvalue weighted by molar-refractivity contribution is 7.14. The minimum atomic E-state index is -0.274. The van der Waals surface area contributed by atoms with Crippen LogP contribution in [-0.4, -0.2) is 41.5 Å². The normalized spacial score (nSPS) is 24.8. The smallest absolute Gasteiger partial charge is 0.186 e. The first-order valence-corrected chi connectivity index (χ1v) is 6.40. The summed E-state index contributed by atoms with van der Waals surface area (Å²) in [7, 11) is 0. The Bertz CT molecular complexity index is 369. The van der Waals surface area contributed by atoms with Crippen LogP contribution in [0.4, 0.5) is 5.13 Å². The van der Waals surface area contributed by atoms with Crippen LogP contribution in [-0.2, 0) is 4.74 Å². The Labute approximate surface area is 104 Å². The fraction of sp³-hybridized carbons (Fsp3) is 0.700. The van der Waals surface area contributed by atoms with Crippen molar-refractivity contribution in [2.75, 3.05) is 24.6 Å². The van der Waals surface area contributed by atoms with Crippen molar-refractivity contribution in [3.63, 3.8) is 0 Å². The summed E-state index contributed by atoms with van der Waals surface area (Å²) in [6.07, 6.45) is -0.161. The Balaban J connectivity index is 2.15. The second-order valence-corrected chi connectivity index (χ2v) is 5.74. The Morgan fingerprint density at radius 1 is 1.75 bits per heavy atom. The molecule has 0 aliphatic carbocycles. The van der Waals surface area contributed by atoms with Gasteiger partial charge in [-0.1, -0.05) is 11.6 Å². The van der Waals surface area contributed by atoms with E-state index in [1.807, 2.05) is 19.2 Å². The molecule has 4 nitrogen and oxygen atoms in total. The Morgan fingerprint density at radius 3 is 3.06 bits per heavy atom. The Hall–Kier alpha value is -0.360. The molecule has 6 heteroatoms. The molecule has 1 aliphatic rings. The molecule has 2 rings (SSSR count). The number of halogens is 1. The van der Waals surface area contributed by atoms with Crippen LogP contribution in [0.25, 0.3) is 0 Å². The first kappa shape index (κ1) is 12.1. The number of rotatable bonds is 2. The van der Waals surface area contributed by atoms with Crippen LogP contribution in [0, 0.1) is 0 Å². The fourth-order valence-corrected chi connectivity index (χ4v) is 2.89. The number of aliphatic hydroxyl groups is 1. The molecular weight excluding hydrogens is 248 g/mol. The number of morpholine rings is 1. The average Bonchev–Trinajstić information content (AvgIpc) is 2.62. The van der Waals surface area contributed by atoms with E-state index in [0.29, 0.717) is 11.7 Å². The average molecular weight is 263 g/mol. The van der Waals surface area contributed by atoms with Crippen LogP contribution in [0.5, 0.6) is 0 Å². The molecule has 1 atom stereocenters. The molecule has 1 fully saturated rings. The molecule has 0 radical (unpaired) electrons. The van der Waals surface area contributed by atoms with Crippen LogP contribution in [0.3, 0.4) is 0 Å². The maximum absolute atomic E-state index is 9.20. The molecule has 1 unspecified atom stereocenters. The highest BCUT2D eigenvalue weighted by Gasteiger charge is 2.34. The molecule has 1 saturated heterocycles. The first-order chi connectivity index (χ1) is 7.50. The monoisotopic (exact) mass is 262 g/mol. The van der Waals surface area contributed by atoms with E-state index in [1.54, 1.807) is 0 Å². The molecule has 0 saturated carbocycles. The molecule has 90 valence electrons. The van der Waals surface area contributed by atoms with E-state index in [0.717, 1.165) is 11.7 Å². The largest absolute Gasteiger partial charge is 0.394 e. The van der Waals surface area contributed by atoms with Gasteiger partial charge in [-0.3, -0.25) is 0 Å². The van der Waals surface area contributed by atoms with Gasteiger partial charge in [0.2, 0.25) is 0 Å². The third-order valence-electron chi connectivity index (χ3n) is 2.42. The minimum Gasteiger partial charge on any atom is -0.394 e. The molecular formula is C10H15ClN2O2S. The number of aliphatic hydroxyl groups excluding tert-OH is 1. The van der Waals surface area contributed by atoms with Gasteiger partial charge in [0.1, 0.15) is 5.15 Å². The highest BCUT2D eigenvalue weighted by atomic mass is 35.5. The van der Waals surface area contributed by atoms with Crippen LogP contribution >= 0.6 is 22.9 Å². The second-order valence-electron chi connectivity index (χ2n) is 4.52. The zero-order valence-electron chi connectivity index (χ0n) is 9.31. The zero-order chi connectivity index (χ0) is 11.8. The van der Waals surface area contributed by atoms with Gasteiger partial charge in [0.15, 0.2) is 5.13 Å². The van der Waals surface area contributed by atoms with Gasteiger partial charge < -0.3 is 14.7 Å². The lowest BCUT2D eigenvalue weighted by molar-refractivity contribution is -0.101. The number of thiazole rings is 1. The van der Waals surface area contributed by atoms with Crippen molar-refractivity contribution in [3.8, 4) is 0 Å². The minimum absolute atomic E-state index is 0.0268. The standard InChI is InChI=1S/C10H15ClN2O2S/c1-10(2)6-13(3-7(4-14)15-10)9-12-8(11)5-16-9/h5,7,14H,3-4,6H2,1-2H3. The van der Waals surface area contributed by atoms with Crippen molar-refractivity contribution >= 4 is 28.1 Å². The molecule has 0 spiro atoms. The van der Waals surface area contributed by atoms with Crippen molar-refractivity contribution in [2.45, 2.75) is 25.6 Å². The van der Waals surface area contributed by atoms with E-state index in [1.165, 1.54) is 11.3 Å². The van der Waals surface area contributed by atoms with Crippen LogP contribution in [0.1, 0.15) is 13.8 Å². The fourth-order valence-electron chi connectivity index (χ4n) is 1.93. The Morgan fingerprint density at radius 2 is 2.50 bits per heavy atom. The molecule has 2 heterocycles. The number of ether oxygens (including phenoxy) is 1. The third-order valence-corrected chi connectivity index (χ3v) is 3.64. The molecule has 0 bridgehead atoms. The summed E-state index contributed by atoms with van der Waals surface area (Å²) in [6, 6.07) is 0. The van der Waals surface area contributed by atoms with E-state index in [4.69, 9.17) is 16.3 Å². The molecule has 1 N–H and O–H groups in total. The summed E-state index contributed by atoms with van der Waals surface area (Å²) in [5.41, 5.74) is -0.274. The SMILES string of the molecule is CC1(C)CN(c2nc(Cl)cs2)CC(CO)O1. The summed E-state index contributed by atoms with van der Waals surface area (Å²) in [5, 5.41) is 12.4. The van der Waals surface area contributed by atoms with Gasteiger partial charge in [-0.15, -0.1) is 11.3 Å². The Kier molecular flexibility index (Phi) is 3.39. The topological polar surface area (TPSA) is 45.6 Å². The number of aromatic nitrogens is 1. The van der Waals surface area contributed by atoms with Gasteiger partial charge in [0, 0.05) is 18.5 Å². The van der Waals surface area contributed by atoms with Gasteiger partial charge >= 0.3 is 0 Å². The van der Waals surface area contributed by atoms with Crippen molar-refractivity contribution in [1.29, 1.82) is 0 Å². The number of hydrogen-bond donors (Lipinski definition) is 1. The molecule has 0 aromatic carbocycles. The predicted molar refractivity (Wildman–Crippen MR) is 65.4 cm³/mol. The van der Waals surface area contributed by atoms with Gasteiger partial charge in [0.05, 0.1) is 18.3 Å². The van der Waals surface area contributed by atoms with Crippen molar-refractivity contribution < 1.29 is 9.84 Å². The van der Waals surface area contributed by atoms with E-state index < -0.39 is 0 Å². The summed E-state index contributed by atoms with van der Waals surface area (Å²) in [4.78, 5) is 6.35. The molecule has 1 aromatic heterocycles. The van der Waals surface area contributed by atoms with E-state index in [2.05, 4.69) is 9.88 Å². The van der Waals surface area contributed by atoms with Gasteiger partial charge in [-0.25, -0.2) is 4.98 Å². The van der Waals surface area contributed by atoms with E-state index >= 15 is 0 Å². The van der Waals surface area contributed by atoms with Crippen molar-refractivity contribution in [3.05, 3.63) is 10.5 Å². The van der Waals surface area contributed by atoms with Crippen molar-refractivity contribution in [2.24, 2.45) is 0 Å². The van der Waals surface area contributed by atoms with Crippen LogP contribution < -0.4 is 4.90 Å². The maximum Gasteiger partial charge on any atom is 0.186 e. The lowest BCUT2D eigenvalue weighted by atomic mass is 10.1. The van der Waals surface area contributed by atoms with Gasteiger partial charge in [-0.2, -0.15) is 0 Å². The lowest BCUT2D eigenvalue weighted by Crippen LogP contribution is -2.54. The summed E-state index contributed by atoms with van der Waals surface area (Å²) >= 11 is 7.33. The lowest BCUT2D eigenvalue weighted by Gasteiger charge is -2.42. The van der Waals surface area contributed by atoms with E-state index in [-0.39, 0.29) is 18.3 Å².